The highest BCUT2D eigenvalue weighted by Crippen LogP contribution is 2.33. The fourth-order valence-corrected chi connectivity index (χ4v) is 3.27. The zero-order valence-corrected chi connectivity index (χ0v) is 10.5. The highest BCUT2D eigenvalue weighted by Gasteiger charge is 2.06. The number of fused-ring (bicyclic) bond motifs is 1. The minimum absolute atomic E-state index is 0.901. The molecular formula is C10H9BrS2. The largest absolute Gasteiger partial charge is 0.143 e. The first-order chi connectivity index (χ1) is 6.24. The van der Waals surface area contributed by atoms with Gasteiger partial charge < -0.3 is 0 Å². The average Bonchev–Trinajstić information content (AvgIpc) is 2.59. The Morgan fingerprint density at radius 2 is 2.31 bits per heavy atom. The van der Waals surface area contributed by atoms with E-state index >= 15 is 0 Å². The molecular weight excluding hydrogens is 264 g/mol. The molecule has 2 rings (SSSR count). The summed E-state index contributed by atoms with van der Waals surface area (Å²) in [6.45, 7) is 2.12. The highest BCUT2D eigenvalue weighted by atomic mass is 79.9. The second-order valence-electron chi connectivity index (χ2n) is 2.98. The zero-order chi connectivity index (χ0) is 9.42. The molecule has 0 nitrogen and oxygen atoms in total. The fraction of sp³-hybridized carbons (Fsp3) is 0.200. The summed E-state index contributed by atoms with van der Waals surface area (Å²) >= 11 is 9.78. The first-order valence-electron chi connectivity index (χ1n) is 3.98. The van der Waals surface area contributed by atoms with Gasteiger partial charge in [-0.2, -0.15) is 0 Å². The van der Waals surface area contributed by atoms with Gasteiger partial charge in [0.05, 0.1) is 0 Å². The molecule has 1 aromatic carbocycles. The fourth-order valence-electron chi connectivity index (χ4n) is 1.38. The molecule has 13 heavy (non-hydrogen) atoms. The summed E-state index contributed by atoms with van der Waals surface area (Å²) in [7, 11) is 0. The van der Waals surface area contributed by atoms with Crippen molar-refractivity contribution in [2.24, 2.45) is 0 Å². The molecule has 0 radical (unpaired) electrons. The van der Waals surface area contributed by atoms with Gasteiger partial charge in [0.15, 0.2) is 0 Å². The van der Waals surface area contributed by atoms with Crippen molar-refractivity contribution in [3.8, 4) is 0 Å². The van der Waals surface area contributed by atoms with Crippen LogP contribution in [0.25, 0.3) is 10.1 Å². The lowest BCUT2D eigenvalue weighted by atomic mass is 10.1. The number of thiophene rings is 1. The van der Waals surface area contributed by atoms with Crippen LogP contribution in [-0.2, 0) is 5.33 Å². The van der Waals surface area contributed by atoms with Crippen molar-refractivity contribution < 1.29 is 0 Å². The van der Waals surface area contributed by atoms with E-state index in [1.807, 2.05) is 0 Å². The standard InChI is InChI=1S/C10H9BrS2/c1-6-8(5-11)4-7-2-3-13-10(7)9(6)12/h2-4,12H,5H2,1H3. The maximum absolute atomic E-state index is 4.54. The van der Waals surface area contributed by atoms with Gasteiger partial charge in [-0.15, -0.1) is 24.0 Å². The van der Waals surface area contributed by atoms with Crippen LogP contribution in [0.4, 0.5) is 0 Å². The topological polar surface area (TPSA) is 0 Å². The van der Waals surface area contributed by atoms with E-state index in [1.165, 1.54) is 21.2 Å². The Hall–Kier alpha value is 0.01000. The van der Waals surface area contributed by atoms with E-state index in [2.05, 4.69) is 53.0 Å². The third-order valence-electron chi connectivity index (χ3n) is 2.22. The summed E-state index contributed by atoms with van der Waals surface area (Å²) in [4.78, 5) is 1.13. The second-order valence-corrected chi connectivity index (χ2v) is 4.91. The third kappa shape index (κ3) is 1.53. The number of benzene rings is 1. The molecule has 0 atom stereocenters. The second kappa shape index (κ2) is 3.64. The summed E-state index contributed by atoms with van der Waals surface area (Å²) in [5.74, 6) is 0. The number of hydrogen-bond donors (Lipinski definition) is 1. The maximum atomic E-state index is 4.54. The maximum Gasteiger partial charge on any atom is 0.0478 e. The van der Waals surface area contributed by atoms with Gasteiger partial charge in [0.2, 0.25) is 0 Å². The van der Waals surface area contributed by atoms with E-state index in [0.717, 1.165) is 10.2 Å². The van der Waals surface area contributed by atoms with E-state index in [1.54, 1.807) is 11.3 Å². The Morgan fingerprint density at radius 1 is 1.54 bits per heavy atom. The van der Waals surface area contributed by atoms with Crippen molar-refractivity contribution in [3.63, 3.8) is 0 Å². The Kier molecular flexibility index (Phi) is 2.67. The molecule has 0 fully saturated rings. The van der Waals surface area contributed by atoms with Crippen LogP contribution in [0, 0.1) is 6.92 Å². The molecule has 1 heterocycles. The Morgan fingerprint density at radius 3 is 3.00 bits per heavy atom. The first-order valence-corrected chi connectivity index (χ1v) is 6.43. The zero-order valence-electron chi connectivity index (χ0n) is 7.17. The minimum atomic E-state index is 0.901. The van der Waals surface area contributed by atoms with Crippen LogP contribution in [0.1, 0.15) is 11.1 Å². The summed E-state index contributed by atoms with van der Waals surface area (Å²) in [6, 6.07) is 4.38. The Balaban J connectivity index is 2.83. The van der Waals surface area contributed by atoms with E-state index in [0.29, 0.717) is 0 Å². The van der Waals surface area contributed by atoms with E-state index < -0.39 is 0 Å². The smallest absolute Gasteiger partial charge is 0.0478 e. The Bertz CT molecular complexity index is 445. The van der Waals surface area contributed by atoms with Gasteiger partial charge in [-0.3, -0.25) is 0 Å². The number of rotatable bonds is 1. The van der Waals surface area contributed by atoms with Crippen LogP contribution in [0.3, 0.4) is 0 Å². The first kappa shape index (κ1) is 9.56. The molecule has 0 saturated carbocycles. The van der Waals surface area contributed by atoms with Crippen LogP contribution in [0.2, 0.25) is 0 Å². The molecule has 0 saturated heterocycles. The molecule has 0 N–H and O–H groups in total. The van der Waals surface area contributed by atoms with Crippen molar-refractivity contribution in [3.05, 3.63) is 28.6 Å². The van der Waals surface area contributed by atoms with Crippen LogP contribution in [0.15, 0.2) is 22.4 Å². The van der Waals surface area contributed by atoms with Gasteiger partial charge in [0.1, 0.15) is 0 Å². The predicted octanol–water partition coefficient (Wildman–Crippen LogP) is 4.39. The number of hydrogen-bond acceptors (Lipinski definition) is 2. The van der Waals surface area contributed by atoms with Crippen LogP contribution in [-0.4, -0.2) is 0 Å². The monoisotopic (exact) mass is 272 g/mol. The van der Waals surface area contributed by atoms with E-state index in [-0.39, 0.29) is 0 Å². The lowest BCUT2D eigenvalue weighted by Gasteiger charge is -2.06. The number of halogens is 1. The SMILES string of the molecule is Cc1c(CBr)cc2ccsc2c1S. The molecule has 0 spiro atoms. The molecule has 1 aromatic heterocycles. The molecule has 0 aliphatic rings. The normalized spacial score (nSPS) is 11.0. The molecule has 0 aliphatic carbocycles. The minimum Gasteiger partial charge on any atom is -0.143 e. The van der Waals surface area contributed by atoms with Gasteiger partial charge >= 0.3 is 0 Å². The number of thiol groups is 1. The lowest BCUT2D eigenvalue weighted by molar-refractivity contribution is 1.27. The molecule has 3 heteroatoms. The molecule has 68 valence electrons. The van der Waals surface area contributed by atoms with E-state index in [9.17, 15) is 0 Å². The van der Waals surface area contributed by atoms with Crippen molar-refractivity contribution >= 4 is 50.0 Å². The molecule has 0 amide bonds. The quantitative estimate of drug-likeness (QED) is 0.578. The highest BCUT2D eigenvalue weighted by molar-refractivity contribution is 9.08. The van der Waals surface area contributed by atoms with Crippen LogP contribution < -0.4 is 0 Å². The average molecular weight is 273 g/mol. The molecule has 0 aliphatic heterocycles. The molecule has 2 aromatic rings. The van der Waals surface area contributed by atoms with Crippen LogP contribution in [0.5, 0.6) is 0 Å². The van der Waals surface area contributed by atoms with Crippen molar-refractivity contribution in [2.45, 2.75) is 17.1 Å². The summed E-state index contributed by atoms with van der Waals surface area (Å²) in [5.41, 5.74) is 2.62. The third-order valence-corrected chi connectivity index (χ3v) is 4.48. The summed E-state index contributed by atoms with van der Waals surface area (Å²) in [6.07, 6.45) is 0. The summed E-state index contributed by atoms with van der Waals surface area (Å²) < 4.78 is 1.30. The van der Waals surface area contributed by atoms with Gasteiger partial charge in [-0.25, -0.2) is 0 Å². The van der Waals surface area contributed by atoms with E-state index in [4.69, 9.17) is 0 Å². The van der Waals surface area contributed by atoms with Crippen molar-refractivity contribution in [1.29, 1.82) is 0 Å². The van der Waals surface area contributed by atoms with Gasteiger partial charge in [0, 0.05) is 14.9 Å². The van der Waals surface area contributed by atoms with Crippen molar-refractivity contribution in [1.82, 2.24) is 0 Å². The van der Waals surface area contributed by atoms with Gasteiger partial charge in [-0.1, -0.05) is 15.9 Å². The van der Waals surface area contributed by atoms with Crippen molar-refractivity contribution in [2.75, 3.05) is 0 Å². The number of alkyl halides is 1. The molecule has 0 bridgehead atoms. The molecule has 0 unspecified atom stereocenters. The lowest BCUT2D eigenvalue weighted by Crippen LogP contribution is -1.86. The Labute approximate surface area is 95.5 Å². The summed E-state index contributed by atoms with van der Waals surface area (Å²) in [5, 5.41) is 4.31. The predicted molar refractivity (Wildman–Crippen MR) is 66.4 cm³/mol. The van der Waals surface area contributed by atoms with Gasteiger partial charge in [-0.05, 0) is 40.9 Å². The van der Waals surface area contributed by atoms with Gasteiger partial charge in [0.25, 0.3) is 0 Å². The van der Waals surface area contributed by atoms with Crippen LogP contribution >= 0.6 is 39.9 Å².